The Morgan fingerprint density at radius 3 is 2.34 bits per heavy atom. The number of dihydropyridines is 1. The molecule has 0 saturated heterocycles. The van der Waals surface area contributed by atoms with Gasteiger partial charge in [0, 0.05) is 28.2 Å². The van der Waals surface area contributed by atoms with Crippen LogP contribution in [0, 0.1) is 18.3 Å². The van der Waals surface area contributed by atoms with Gasteiger partial charge >= 0.3 is 5.97 Å². The summed E-state index contributed by atoms with van der Waals surface area (Å²) >= 11 is 1.13. The number of anilines is 2. The molecule has 1 atom stereocenters. The highest BCUT2D eigenvalue weighted by atomic mass is 32.2. The van der Waals surface area contributed by atoms with Crippen LogP contribution in [0.2, 0.25) is 0 Å². The number of aromatic carboxylic acids is 1. The summed E-state index contributed by atoms with van der Waals surface area (Å²) in [5.74, 6) is -2.03. The quantitative estimate of drug-likeness (QED) is 0.269. The van der Waals surface area contributed by atoms with Crippen LogP contribution in [0.15, 0.2) is 94.7 Å². The van der Waals surface area contributed by atoms with Crippen LogP contribution in [0.1, 0.15) is 34.3 Å². The fourth-order valence-corrected chi connectivity index (χ4v) is 5.37. The lowest BCUT2D eigenvalue weighted by atomic mass is 9.81. The van der Waals surface area contributed by atoms with E-state index in [2.05, 4.69) is 22.0 Å². The van der Waals surface area contributed by atoms with Crippen molar-refractivity contribution < 1.29 is 24.2 Å². The number of benzene rings is 3. The third-order valence-corrected chi connectivity index (χ3v) is 7.52. The second-order valence-corrected chi connectivity index (χ2v) is 10.2. The lowest BCUT2D eigenvalue weighted by molar-refractivity contribution is -0.114. The number of carbonyl (C=O) groups excluding carboxylic acids is 2. The monoisotopic (exact) mass is 568 g/mol. The highest BCUT2D eigenvalue weighted by molar-refractivity contribution is 8.03. The van der Waals surface area contributed by atoms with Crippen molar-refractivity contribution in [3.8, 4) is 11.8 Å². The summed E-state index contributed by atoms with van der Waals surface area (Å²) in [6, 6.07) is 22.7. The van der Waals surface area contributed by atoms with E-state index in [1.165, 1.54) is 31.4 Å². The predicted octanol–water partition coefficient (Wildman–Crippen LogP) is 5.41. The van der Waals surface area contributed by atoms with E-state index in [0.717, 1.165) is 17.3 Å². The molecule has 9 nitrogen and oxygen atoms in total. The summed E-state index contributed by atoms with van der Waals surface area (Å²) in [6.07, 6.45) is 0. The molecule has 0 bridgehead atoms. The van der Waals surface area contributed by atoms with Crippen molar-refractivity contribution in [1.82, 2.24) is 5.32 Å². The third kappa shape index (κ3) is 6.59. The van der Waals surface area contributed by atoms with Gasteiger partial charge in [0.05, 0.1) is 41.0 Å². The van der Waals surface area contributed by atoms with E-state index in [1.54, 1.807) is 13.0 Å². The van der Waals surface area contributed by atoms with Gasteiger partial charge in [-0.15, -0.1) is 0 Å². The number of amides is 2. The summed E-state index contributed by atoms with van der Waals surface area (Å²) in [5.41, 5.74) is 3.94. The highest BCUT2D eigenvalue weighted by Crippen LogP contribution is 2.44. The lowest BCUT2D eigenvalue weighted by Crippen LogP contribution is -2.31. The molecule has 208 valence electrons. The van der Waals surface area contributed by atoms with Crippen LogP contribution < -0.4 is 20.7 Å². The second kappa shape index (κ2) is 12.9. The fourth-order valence-electron chi connectivity index (χ4n) is 4.48. The zero-order valence-electron chi connectivity index (χ0n) is 22.6. The molecule has 0 aliphatic carbocycles. The van der Waals surface area contributed by atoms with E-state index in [0.29, 0.717) is 39.0 Å². The van der Waals surface area contributed by atoms with Crippen molar-refractivity contribution in [2.75, 3.05) is 23.5 Å². The minimum absolute atomic E-state index is 0.0368. The Morgan fingerprint density at radius 2 is 1.68 bits per heavy atom. The zero-order valence-corrected chi connectivity index (χ0v) is 23.5. The average Bonchev–Trinajstić information content (AvgIpc) is 2.97. The number of methoxy groups -OCH3 is 1. The van der Waals surface area contributed by atoms with Crippen LogP contribution in [-0.4, -0.2) is 35.8 Å². The predicted molar refractivity (Wildman–Crippen MR) is 159 cm³/mol. The number of carboxylic acids is 1. The minimum atomic E-state index is -1.06. The molecule has 1 aliphatic rings. The smallest absolute Gasteiger partial charge is 0.335 e. The van der Waals surface area contributed by atoms with Crippen LogP contribution >= 0.6 is 11.8 Å². The molecule has 0 spiro atoms. The number of allylic oxidation sites excluding steroid dienone is 2. The first kappa shape index (κ1) is 29.0. The Kier molecular flexibility index (Phi) is 9.12. The van der Waals surface area contributed by atoms with Gasteiger partial charge in [0.25, 0.3) is 5.91 Å². The number of hydrogen-bond acceptors (Lipinski definition) is 7. The molecule has 3 aromatic carbocycles. The van der Waals surface area contributed by atoms with Crippen molar-refractivity contribution in [3.63, 3.8) is 0 Å². The van der Waals surface area contributed by atoms with Crippen LogP contribution in [0.5, 0.6) is 5.75 Å². The van der Waals surface area contributed by atoms with Gasteiger partial charge in [-0.3, -0.25) is 9.59 Å². The molecule has 1 heterocycles. The minimum Gasteiger partial charge on any atom is -0.496 e. The molecule has 4 N–H and O–H groups in total. The fraction of sp³-hybridized carbons (Fsp3) is 0.161. The van der Waals surface area contributed by atoms with Gasteiger partial charge in [-0.1, -0.05) is 48.2 Å². The Morgan fingerprint density at radius 1 is 1.00 bits per heavy atom. The third-order valence-electron chi connectivity index (χ3n) is 6.50. The molecule has 0 fully saturated rings. The molecule has 0 aromatic heterocycles. The normalized spacial score (nSPS) is 14.5. The summed E-state index contributed by atoms with van der Waals surface area (Å²) < 4.78 is 5.60. The maximum absolute atomic E-state index is 13.7. The van der Waals surface area contributed by atoms with Crippen molar-refractivity contribution in [2.24, 2.45) is 0 Å². The van der Waals surface area contributed by atoms with Crippen LogP contribution in [0.25, 0.3) is 0 Å². The number of nitriles is 1. The topological polar surface area (TPSA) is 141 Å². The van der Waals surface area contributed by atoms with E-state index in [-0.39, 0.29) is 28.7 Å². The van der Waals surface area contributed by atoms with Crippen molar-refractivity contribution in [1.29, 1.82) is 5.26 Å². The molecule has 3 aromatic rings. The molecule has 0 unspecified atom stereocenters. The number of nitrogens with zero attached hydrogens (tertiary/aromatic N) is 1. The first-order chi connectivity index (χ1) is 19.7. The maximum Gasteiger partial charge on any atom is 0.335 e. The SMILES string of the molecule is COc1ccccc1[C@H]1C(C#N)=C(SCC(=O)Nc2ccc(C(=O)O)cc2)NC(C)=C1C(=O)Nc1ccccc1C. The molecule has 2 amide bonds. The molecule has 10 heteroatoms. The number of nitrogens with one attached hydrogen (secondary N) is 3. The van der Waals surface area contributed by atoms with Crippen molar-refractivity contribution in [2.45, 2.75) is 19.8 Å². The number of rotatable bonds is 9. The number of carbonyl (C=O) groups is 3. The van der Waals surface area contributed by atoms with Gasteiger partial charge < -0.3 is 25.8 Å². The van der Waals surface area contributed by atoms with E-state index in [9.17, 15) is 19.6 Å². The van der Waals surface area contributed by atoms with E-state index < -0.39 is 11.9 Å². The van der Waals surface area contributed by atoms with E-state index in [1.807, 2.05) is 49.4 Å². The van der Waals surface area contributed by atoms with Crippen molar-refractivity contribution in [3.05, 3.63) is 111 Å². The summed E-state index contributed by atoms with van der Waals surface area (Å²) in [7, 11) is 1.53. The molecule has 41 heavy (non-hydrogen) atoms. The lowest BCUT2D eigenvalue weighted by Gasteiger charge is -2.30. The summed E-state index contributed by atoms with van der Waals surface area (Å²) in [6.45, 7) is 3.66. The molecule has 4 rings (SSSR count). The largest absolute Gasteiger partial charge is 0.496 e. The Labute approximate surface area is 241 Å². The zero-order chi connectivity index (χ0) is 29.5. The van der Waals surface area contributed by atoms with Crippen molar-refractivity contribution >= 4 is 40.9 Å². The van der Waals surface area contributed by atoms with Crippen LogP contribution in [0.4, 0.5) is 11.4 Å². The second-order valence-electron chi connectivity index (χ2n) is 9.18. The summed E-state index contributed by atoms with van der Waals surface area (Å²) in [4.78, 5) is 37.5. The Bertz CT molecular complexity index is 1610. The number of ether oxygens (including phenoxy) is 1. The van der Waals surface area contributed by atoms with Gasteiger partial charge in [-0.2, -0.15) is 5.26 Å². The molecular weight excluding hydrogens is 540 g/mol. The van der Waals surface area contributed by atoms with Gasteiger partial charge in [0.15, 0.2) is 0 Å². The van der Waals surface area contributed by atoms with Gasteiger partial charge in [0.2, 0.25) is 5.91 Å². The number of carboxylic acid groups (broad SMARTS) is 1. The standard InChI is InChI=1S/C31H28N4O5S/c1-18-8-4-6-10-24(18)35-29(37)27-19(2)33-30(23(16-32)28(27)22-9-5-7-11-25(22)40-3)41-17-26(36)34-21-14-12-20(13-15-21)31(38)39/h4-15,28,33H,17H2,1-3H3,(H,34,36)(H,35,37)(H,38,39)/t28-/m0/s1. The number of para-hydroxylation sites is 2. The van der Waals surface area contributed by atoms with Gasteiger partial charge in [-0.05, 0) is 55.8 Å². The molecular formula is C31H28N4O5S. The van der Waals surface area contributed by atoms with E-state index in [4.69, 9.17) is 9.84 Å². The molecule has 1 aliphatic heterocycles. The first-order valence-electron chi connectivity index (χ1n) is 12.6. The van der Waals surface area contributed by atoms with Gasteiger partial charge in [-0.25, -0.2) is 4.79 Å². The number of hydrogen-bond donors (Lipinski definition) is 4. The number of aryl methyl sites for hydroxylation is 1. The van der Waals surface area contributed by atoms with E-state index >= 15 is 0 Å². The maximum atomic E-state index is 13.7. The molecule has 0 radical (unpaired) electrons. The molecule has 0 saturated carbocycles. The highest BCUT2D eigenvalue weighted by Gasteiger charge is 2.36. The average molecular weight is 569 g/mol. The Balaban J connectivity index is 1.64. The Hall–Kier alpha value is -5.01. The van der Waals surface area contributed by atoms with Gasteiger partial charge in [0.1, 0.15) is 5.75 Å². The summed E-state index contributed by atoms with van der Waals surface area (Å²) in [5, 5.41) is 28.7. The van der Waals surface area contributed by atoms with Crippen LogP contribution in [-0.2, 0) is 9.59 Å². The first-order valence-corrected chi connectivity index (χ1v) is 13.6. The van der Waals surface area contributed by atoms with Crippen LogP contribution in [0.3, 0.4) is 0 Å². The number of thioether (sulfide) groups is 1.